The van der Waals surface area contributed by atoms with E-state index in [0.29, 0.717) is 4.47 Å². The van der Waals surface area contributed by atoms with Gasteiger partial charge >= 0.3 is 0 Å². The first-order valence-corrected chi connectivity index (χ1v) is 8.75. The van der Waals surface area contributed by atoms with E-state index in [-0.39, 0.29) is 21.5 Å². The molecule has 0 aliphatic rings. The van der Waals surface area contributed by atoms with Crippen LogP contribution in [0.3, 0.4) is 0 Å². The summed E-state index contributed by atoms with van der Waals surface area (Å²) in [5.41, 5.74) is 0.0805. The van der Waals surface area contributed by atoms with Gasteiger partial charge in [0.1, 0.15) is 4.90 Å². The quantitative estimate of drug-likeness (QED) is 0.819. The number of hydrogen-bond donors (Lipinski definition) is 2. The lowest BCUT2D eigenvalue weighted by molar-refractivity contribution is 0.0934. The lowest BCUT2D eigenvalue weighted by Crippen LogP contribution is -2.34. The smallest absolute Gasteiger partial charge is 0.253 e. The van der Waals surface area contributed by atoms with Crippen molar-refractivity contribution in [1.82, 2.24) is 5.32 Å². The molecule has 5 nitrogen and oxygen atoms in total. The molecule has 0 fully saturated rings. The molecule has 0 heterocycles. The number of primary sulfonamides is 1. The van der Waals surface area contributed by atoms with Crippen molar-refractivity contribution in [2.75, 3.05) is 0 Å². The second kappa shape index (κ2) is 6.89. The first kappa shape index (κ1) is 17.4. The van der Waals surface area contributed by atoms with Crippen molar-refractivity contribution in [3.63, 3.8) is 0 Å². The van der Waals surface area contributed by atoms with Crippen molar-refractivity contribution in [3.05, 3.63) is 27.2 Å². The molecule has 20 heavy (non-hydrogen) atoms. The molecular formula is C12H16BrClN2O3S. The SMILES string of the molecule is CCC(CC)NC(=O)c1cc(Br)cc(S(N)(=O)=O)c1Cl. The molecule has 0 unspecified atom stereocenters. The van der Waals surface area contributed by atoms with Crippen molar-refractivity contribution in [2.24, 2.45) is 5.14 Å². The molecule has 0 bridgehead atoms. The number of hydrogen-bond acceptors (Lipinski definition) is 3. The van der Waals surface area contributed by atoms with E-state index in [0.717, 1.165) is 12.8 Å². The van der Waals surface area contributed by atoms with Gasteiger partial charge in [0.25, 0.3) is 5.91 Å². The van der Waals surface area contributed by atoms with Gasteiger partial charge in [-0.2, -0.15) is 0 Å². The topological polar surface area (TPSA) is 89.3 Å². The summed E-state index contributed by atoms with van der Waals surface area (Å²) in [4.78, 5) is 11.9. The van der Waals surface area contributed by atoms with Crippen LogP contribution in [0.25, 0.3) is 0 Å². The summed E-state index contributed by atoms with van der Waals surface area (Å²) in [5.74, 6) is -0.421. The average Bonchev–Trinajstić information content (AvgIpc) is 2.36. The monoisotopic (exact) mass is 382 g/mol. The number of carbonyl (C=O) groups is 1. The predicted molar refractivity (Wildman–Crippen MR) is 82.4 cm³/mol. The molecule has 1 rings (SSSR count). The average molecular weight is 384 g/mol. The number of rotatable bonds is 5. The van der Waals surface area contributed by atoms with Crippen LogP contribution < -0.4 is 10.5 Å². The molecule has 0 saturated carbocycles. The highest BCUT2D eigenvalue weighted by Gasteiger charge is 2.22. The number of nitrogens with two attached hydrogens (primary N) is 1. The summed E-state index contributed by atoms with van der Waals surface area (Å²) < 4.78 is 23.3. The first-order chi connectivity index (χ1) is 9.20. The molecule has 1 aromatic carbocycles. The van der Waals surface area contributed by atoms with Crippen molar-refractivity contribution < 1.29 is 13.2 Å². The Hall–Kier alpha value is -0.630. The number of sulfonamides is 1. The number of halogens is 2. The van der Waals surface area contributed by atoms with Crippen molar-refractivity contribution in [1.29, 1.82) is 0 Å². The van der Waals surface area contributed by atoms with Crippen molar-refractivity contribution >= 4 is 43.5 Å². The van der Waals surface area contributed by atoms with Gasteiger partial charge in [0, 0.05) is 10.5 Å². The maximum absolute atomic E-state index is 12.2. The number of amides is 1. The van der Waals surface area contributed by atoms with Crippen LogP contribution in [0.15, 0.2) is 21.5 Å². The third-order valence-corrected chi connectivity index (χ3v) is 4.79. The predicted octanol–water partition coefficient (Wildman–Crippen LogP) is 2.67. The van der Waals surface area contributed by atoms with Crippen LogP contribution in [0, 0.1) is 0 Å². The highest BCUT2D eigenvalue weighted by molar-refractivity contribution is 9.10. The van der Waals surface area contributed by atoms with E-state index in [9.17, 15) is 13.2 Å². The van der Waals surface area contributed by atoms with Crippen molar-refractivity contribution in [2.45, 2.75) is 37.6 Å². The van der Waals surface area contributed by atoms with Gasteiger partial charge in [-0.3, -0.25) is 4.79 Å². The van der Waals surface area contributed by atoms with Gasteiger partial charge in [0.2, 0.25) is 10.0 Å². The zero-order chi connectivity index (χ0) is 15.5. The molecule has 0 saturated heterocycles. The van der Waals surface area contributed by atoms with E-state index in [2.05, 4.69) is 21.2 Å². The van der Waals surface area contributed by atoms with Crippen molar-refractivity contribution in [3.8, 4) is 0 Å². The molecule has 0 spiro atoms. The molecule has 112 valence electrons. The molecule has 1 amide bonds. The molecule has 0 aliphatic heterocycles. The van der Waals surface area contributed by atoms with E-state index >= 15 is 0 Å². The van der Waals surface area contributed by atoms with Gasteiger partial charge in [0.15, 0.2) is 0 Å². The zero-order valence-corrected chi connectivity index (χ0v) is 14.3. The van der Waals surface area contributed by atoms with E-state index in [4.69, 9.17) is 16.7 Å². The first-order valence-electron chi connectivity index (χ1n) is 6.03. The molecule has 1 aromatic rings. The van der Waals surface area contributed by atoms with Crippen LogP contribution in [-0.4, -0.2) is 20.4 Å². The van der Waals surface area contributed by atoms with Crippen LogP contribution in [0.1, 0.15) is 37.0 Å². The van der Waals surface area contributed by atoms with E-state index in [1.54, 1.807) is 0 Å². The Morgan fingerprint density at radius 2 is 1.95 bits per heavy atom. The Balaban J connectivity index is 3.26. The zero-order valence-electron chi connectivity index (χ0n) is 11.1. The Morgan fingerprint density at radius 1 is 1.40 bits per heavy atom. The standard InChI is InChI=1S/C12H16BrClN2O3S/c1-3-8(4-2)16-12(17)9-5-7(13)6-10(11(9)14)20(15,18)19/h5-6,8H,3-4H2,1-2H3,(H,16,17)(H2,15,18,19). The molecule has 0 aliphatic carbocycles. The highest BCUT2D eigenvalue weighted by atomic mass is 79.9. The summed E-state index contributed by atoms with van der Waals surface area (Å²) in [6.45, 7) is 3.90. The maximum Gasteiger partial charge on any atom is 0.253 e. The second-order valence-corrected chi connectivity index (χ2v) is 7.12. The lowest BCUT2D eigenvalue weighted by atomic mass is 10.1. The highest BCUT2D eigenvalue weighted by Crippen LogP contribution is 2.29. The minimum absolute atomic E-state index is 0.00971. The largest absolute Gasteiger partial charge is 0.349 e. The fraction of sp³-hybridized carbons (Fsp3) is 0.417. The van der Waals surface area contributed by atoms with Gasteiger partial charge in [-0.25, -0.2) is 13.6 Å². The Kier molecular flexibility index (Phi) is 6.00. The maximum atomic E-state index is 12.2. The summed E-state index contributed by atoms with van der Waals surface area (Å²) in [6.07, 6.45) is 1.55. The number of nitrogens with one attached hydrogen (secondary N) is 1. The summed E-state index contributed by atoms with van der Waals surface area (Å²) in [5, 5.41) is 7.72. The van der Waals surface area contributed by atoms with Crippen LogP contribution in [0.5, 0.6) is 0 Å². The fourth-order valence-corrected chi connectivity index (χ4v) is 3.47. The summed E-state index contributed by atoms with van der Waals surface area (Å²) in [7, 11) is -3.99. The third-order valence-electron chi connectivity index (χ3n) is 2.88. The van der Waals surface area contributed by atoms with Crippen LogP contribution in [-0.2, 0) is 10.0 Å². The van der Waals surface area contributed by atoms with Crippen LogP contribution >= 0.6 is 27.5 Å². The third kappa shape index (κ3) is 4.18. The Morgan fingerprint density at radius 3 is 2.40 bits per heavy atom. The van der Waals surface area contributed by atoms with E-state index in [1.807, 2.05) is 13.8 Å². The fourth-order valence-electron chi connectivity index (χ4n) is 1.69. The molecule has 0 radical (unpaired) electrons. The summed E-state index contributed by atoms with van der Waals surface area (Å²) >= 11 is 9.14. The molecule has 0 atom stereocenters. The number of benzene rings is 1. The normalized spacial score (nSPS) is 11.7. The Bertz CT molecular complexity index is 615. The van der Waals surface area contributed by atoms with Gasteiger partial charge in [-0.1, -0.05) is 41.4 Å². The Labute approximate surface area is 132 Å². The minimum Gasteiger partial charge on any atom is -0.349 e. The van der Waals surface area contributed by atoms with Crippen LogP contribution in [0.4, 0.5) is 0 Å². The molecular weight excluding hydrogens is 368 g/mol. The van der Waals surface area contributed by atoms with Gasteiger partial charge in [-0.15, -0.1) is 0 Å². The van der Waals surface area contributed by atoms with Gasteiger partial charge in [0.05, 0.1) is 10.6 Å². The molecule has 3 N–H and O–H groups in total. The molecule has 0 aromatic heterocycles. The number of carbonyl (C=O) groups excluding carboxylic acids is 1. The molecule has 8 heteroatoms. The van der Waals surface area contributed by atoms with E-state index in [1.165, 1.54) is 12.1 Å². The summed E-state index contributed by atoms with van der Waals surface area (Å²) in [6, 6.07) is 2.75. The minimum atomic E-state index is -3.99. The van der Waals surface area contributed by atoms with Gasteiger partial charge < -0.3 is 5.32 Å². The second-order valence-electron chi connectivity index (χ2n) is 4.30. The van der Waals surface area contributed by atoms with Gasteiger partial charge in [-0.05, 0) is 25.0 Å². The lowest BCUT2D eigenvalue weighted by Gasteiger charge is -2.16. The van der Waals surface area contributed by atoms with Crippen LogP contribution in [0.2, 0.25) is 5.02 Å². The van der Waals surface area contributed by atoms with E-state index < -0.39 is 15.9 Å².